The Morgan fingerprint density at radius 1 is 0.953 bits per heavy atom. The highest BCUT2D eigenvalue weighted by Gasteiger charge is 2.38. The molecule has 10 nitrogen and oxygen atoms in total. The lowest BCUT2D eigenvalue weighted by molar-refractivity contribution is 0.0961. The first kappa shape index (κ1) is 31.5. The van der Waals surface area contributed by atoms with Gasteiger partial charge in [0.2, 0.25) is 10.0 Å². The monoisotopic (exact) mass is 630 g/mol. The van der Waals surface area contributed by atoms with Gasteiger partial charge in [-0.15, -0.1) is 11.3 Å². The molecule has 12 heteroatoms. The average Bonchev–Trinajstić information content (AvgIpc) is 3.38. The number of anilines is 1. The molecule has 3 amide bonds. The molecular formula is C31H42N4O6S2. The molecule has 0 unspecified atom stereocenters. The molecule has 2 N–H and O–H groups in total. The number of hydrogen-bond donors (Lipinski definition) is 2. The molecule has 2 fully saturated rings. The van der Waals surface area contributed by atoms with Gasteiger partial charge in [0.25, 0.3) is 11.8 Å². The van der Waals surface area contributed by atoms with E-state index in [2.05, 4.69) is 10.6 Å². The minimum absolute atomic E-state index is 0.0255. The summed E-state index contributed by atoms with van der Waals surface area (Å²) in [6.07, 6.45) is 10.1. The zero-order chi connectivity index (χ0) is 30.6. The van der Waals surface area contributed by atoms with Gasteiger partial charge in [-0.05, 0) is 68.9 Å². The fraction of sp³-hybridized carbons (Fsp3) is 0.581. The summed E-state index contributed by atoms with van der Waals surface area (Å²) >= 11 is 1.27. The summed E-state index contributed by atoms with van der Waals surface area (Å²) in [6.45, 7) is 2.73. The van der Waals surface area contributed by atoms with Crippen LogP contribution in [0.25, 0.3) is 0 Å². The zero-order valence-corrected chi connectivity index (χ0v) is 26.7. The lowest BCUT2D eigenvalue weighted by atomic mass is 9.91. The molecule has 2 aliphatic carbocycles. The predicted molar refractivity (Wildman–Crippen MR) is 166 cm³/mol. The van der Waals surface area contributed by atoms with Gasteiger partial charge >= 0.3 is 6.09 Å². The molecule has 3 aliphatic rings. The molecule has 234 valence electrons. The number of sulfonamides is 1. The molecular weight excluding hydrogens is 588 g/mol. The fourth-order valence-corrected chi connectivity index (χ4v) is 9.85. The number of fused-ring (bicyclic) bond motifs is 1. The standard InChI is InChI=1S/C31H42N4O6S2/c1-3-41-31(38)34-19-18-25-26(20-34)42-30(27(25)29(37)32-2)33-28(36)21-14-16-24(17-15-21)43(39,40)35(22-10-6-4-7-11-22)23-12-8-5-9-13-23/h14-17,22-23H,3-13,18-20H2,1-2H3,(H,32,37)(H,33,36). The number of ether oxygens (including phenoxy) is 1. The second-order valence-electron chi connectivity index (χ2n) is 11.6. The van der Waals surface area contributed by atoms with E-state index in [-0.39, 0.29) is 29.5 Å². The maximum Gasteiger partial charge on any atom is 0.410 e. The Morgan fingerprint density at radius 3 is 2.12 bits per heavy atom. The number of nitrogens with zero attached hydrogens (tertiary/aromatic N) is 2. The van der Waals surface area contributed by atoms with Crippen LogP contribution < -0.4 is 10.6 Å². The van der Waals surface area contributed by atoms with Gasteiger partial charge in [-0.2, -0.15) is 4.31 Å². The van der Waals surface area contributed by atoms with Crippen molar-refractivity contribution >= 4 is 44.3 Å². The smallest absolute Gasteiger partial charge is 0.410 e. The number of rotatable bonds is 8. The van der Waals surface area contributed by atoms with Crippen LogP contribution in [0.1, 0.15) is 102 Å². The molecule has 43 heavy (non-hydrogen) atoms. The third kappa shape index (κ3) is 6.76. The number of nitrogens with one attached hydrogen (secondary N) is 2. The van der Waals surface area contributed by atoms with Crippen molar-refractivity contribution in [3.05, 3.63) is 45.8 Å². The molecule has 0 spiro atoms. The van der Waals surface area contributed by atoms with Crippen molar-refractivity contribution in [3.8, 4) is 0 Å². The van der Waals surface area contributed by atoms with Crippen LogP contribution in [-0.2, 0) is 27.7 Å². The summed E-state index contributed by atoms with van der Waals surface area (Å²) in [5, 5.41) is 5.93. The van der Waals surface area contributed by atoms with E-state index >= 15 is 0 Å². The van der Waals surface area contributed by atoms with Gasteiger partial charge in [-0.25, -0.2) is 13.2 Å². The maximum absolute atomic E-state index is 14.0. The highest BCUT2D eigenvalue weighted by Crippen LogP contribution is 2.38. The number of amides is 3. The number of thiophene rings is 1. The Bertz CT molecular complexity index is 1410. The summed E-state index contributed by atoms with van der Waals surface area (Å²) < 4.78 is 35.0. The Balaban J connectivity index is 1.36. The van der Waals surface area contributed by atoms with E-state index in [9.17, 15) is 22.8 Å². The van der Waals surface area contributed by atoms with E-state index in [1.807, 2.05) is 4.31 Å². The van der Waals surface area contributed by atoms with E-state index in [4.69, 9.17) is 4.74 Å². The molecule has 0 radical (unpaired) electrons. The van der Waals surface area contributed by atoms with Crippen LogP contribution in [-0.4, -0.2) is 67.8 Å². The van der Waals surface area contributed by atoms with Crippen LogP contribution >= 0.6 is 11.3 Å². The van der Waals surface area contributed by atoms with Gasteiger partial charge in [0.15, 0.2) is 0 Å². The highest BCUT2D eigenvalue weighted by molar-refractivity contribution is 7.89. The number of carbonyl (C=O) groups is 3. The Morgan fingerprint density at radius 2 is 1.56 bits per heavy atom. The van der Waals surface area contributed by atoms with Gasteiger partial charge in [-0.1, -0.05) is 38.5 Å². The summed E-state index contributed by atoms with van der Waals surface area (Å²) in [5.74, 6) is -0.754. The first-order valence-corrected chi connectivity index (χ1v) is 17.7. The molecule has 1 aliphatic heterocycles. The second-order valence-corrected chi connectivity index (χ2v) is 14.5. The summed E-state index contributed by atoms with van der Waals surface area (Å²) in [4.78, 5) is 41.1. The first-order valence-electron chi connectivity index (χ1n) is 15.5. The molecule has 0 atom stereocenters. The van der Waals surface area contributed by atoms with E-state index in [1.165, 1.54) is 42.6 Å². The van der Waals surface area contributed by atoms with E-state index in [0.29, 0.717) is 35.6 Å². The van der Waals surface area contributed by atoms with Crippen molar-refractivity contribution in [1.82, 2.24) is 14.5 Å². The van der Waals surface area contributed by atoms with Crippen molar-refractivity contribution in [2.75, 3.05) is 25.5 Å². The molecule has 0 saturated heterocycles. The fourth-order valence-electron chi connectivity index (χ4n) is 6.66. The van der Waals surface area contributed by atoms with Gasteiger partial charge in [0.05, 0.1) is 23.6 Å². The molecule has 5 rings (SSSR count). The first-order chi connectivity index (χ1) is 20.7. The third-order valence-electron chi connectivity index (χ3n) is 8.83. The maximum atomic E-state index is 14.0. The number of hydrogen-bond acceptors (Lipinski definition) is 7. The summed E-state index contributed by atoms with van der Waals surface area (Å²) in [5.41, 5.74) is 1.50. The largest absolute Gasteiger partial charge is 0.450 e. The topological polar surface area (TPSA) is 125 Å². The molecule has 2 aromatic rings. The molecule has 1 aromatic heterocycles. The van der Waals surface area contributed by atoms with Crippen molar-refractivity contribution in [2.24, 2.45) is 0 Å². The van der Waals surface area contributed by atoms with Gasteiger partial charge in [-0.3, -0.25) is 9.59 Å². The van der Waals surface area contributed by atoms with Crippen molar-refractivity contribution in [2.45, 2.75) is 101 Å². The summed E-state index contributed by atoms with van der Waals surface area (Å²) in [6, 6.07) is 6.18. The van der Waals surface area contributed by atoms with Gasteiger partial charge < -0.3 is 20.3 Å². The molecule has 0 bridgehead atoms. The van der Waals surface area contributed by atoms with Crippen molar-refractivity contribution in [3.63, 3.8) is 0 Å². The van der Waals surface area contributed by atoms with Crippen molar-refractivity contribution < 1.29 is 27.5 Å². The second kappa shape index (κ2) is 13.8. The molecule has 1 aromatic carbocycles. The van der Waals surface area contributed by atoms with E-state index < -0.39 is 22.0 Å². The minimum Gasteiger partial charge on any atom is -0.450 e. The van der Waals surface area contributed by atoms with E-state index in [0.717, 1.165) is 74.6 Å². The van der Waals surface area contributed by atoms with Crippen LogP contribution in [0.4, 0.5) is 9.80 Å². The molecule has 2 heterocycles. The van der Waals surface area contributed by atoms with Crippen molar-refractivity contribution in [1.29, 1.82) is 0 Å². The minimum atomic E-state index is -3.73. The Kier molecular flexibility index (Phi) is 10.1. The van der Waals surface area contributed by atoms with E-state index in [1.54, 1.807) is 11.8 Å². The lowest BCUT2D eigenvalue weighted by Crippen LogP contribution is -2.48. The summed E-state index contributed by atoms with van der Waals surface area (Å²) in [7, 11) is -2.20. The Hall–Kier alpha value is -2.96. The predicted octanol–water partition coefficient (Wildman–Crippen LogP) is 5.53. The van der Waals surface area contributed by atoms with Gasteiger partial charge in [0.1, 0.15) is 5.00 Å². The number of carbonyl (C=O) groups excluding carboxylic acids is 3. The van der Waals surface area contributed by atoms with Crippen LogP contribution in [0.5, 0.6) is 0 Å². The number of benzene rings is 1. The quantitative estimate of drug-likeness (QED) is 0.395. The van der Waals surface area contributed by atoms with Crippen LogP contribution in [0.2, 0.25) is 0 Å². The van der Waals surface area contributed by atoms with Crippen LogP contribution in [0.3, 0.4) is 0 Å². The highest BCUT2D eigenvalue weighted by atomic mass is 32.2. The zero-order valence-electron chi connectivity index (χ0n) is 25.0. The average molecular weight is 631 g/mol. The SMILES string of the molecule is CCOC(=O)N1CCc2c(sc(NC(=O)c3ccc(S(=O)(=O)N(C4CCCCC4)C4CCCCC4)cc3)c2C(=O)NC)C1. The van der Waals surface area contributed by atoms with Crippen LogP contribution in [0.15, 0.2) is 29.2 Å². The Labute approximate surface area is 258 Å². The van der Waals surface area contributed by atoms with Crippen LogP contribution in [0, 0.1) is 0 Å². The molecule has 2 saturated carbocycles. The lowest BCUT2D eigenvalue weighted by Gasteiger charge is -2.40. The van der Waals surface area contributed by atoms with Gasteiger partial charge in [0, 0.05) is 36.1 Å². The third-order valence-corrected chi connectivity index (χ3v) is 12.0. The normalized spacial score (nSPS) is 18.3.